The Bertz CT molecular complexity index is 201. The first kappa shape index (κ1) is 5.97. The minimum atomic E-state index is -0.537. The highest BCUT2D eigenvalue weighted by Crippen LogP contribution is 1.99. The highest BCUT2D eigenvalue weighted by Gasteiger charge is 1.90. The Hall–Kier alpha value is -1.16. The second-order valence-electron chi connectivity index (χ2n) is 1.49. The summed E-state index contributed by atoms with van der Waals surface area (Å²) in [7, 11) is 0. The van der Waals surface area contributed by atoms with Crippen LogP contribution in [0.4, 0.5) is 10.2 Å². The fraction of sp³-hybridized carbons (Fsp3) is 0. The van der Waals surface area contributed by atoms with Gasteiger partial charge in [-0.15, -0.1) is 0 Å². The van der Waals surface area contributed by atoms with E-state index in [0.717, 1.165) is 0 Å². The Labute approximate surface area is 51.7 Å². The van der Waals surface area contributed by atoms with Gasteiger partial charge in [-0.2, -0.15) is 4.39 Å². The second-order valence-corrected chi connectivity index (χ2v) is 1.49. The number of nitrogens with zero attached hydrogens (tertiary/aromatic N) is 1. The van der Waals surface area contributed by atoms with Gasteiger partial charge < -0.3 is 5.43 Å². The van der Waals surface area contributed by atoms with Gasteiger partial charge in [0.1, 0.15) is 5.82 Å². The Balaban J connectivity index is 2.94. The van der Waals surface area contributed by atoms with Gasteiger partial charge in [-0.25, -0.2) is 10.8 Å². The lowest BCUT2D eigenvalue weighted by atomic mass is 10.5. The SMILES string of the molecule is NNc1cccc(F)n1. The van der Waals surface area contributed by atoms with Crippen LogP contribution in [-0.2, 0) is 0 Å². The normalized spacial score (nSPS) is 9.11. The molecule has 1 rings (SSSR count). The van der Waals surface area contributed by atoms with Crippen LogP contribution in [0.25, 0.3) is 0 Å². The first-order valence-electron chi connectivity index (χ1n) is 2.42. The van der Waals surface area contributed by atoms with Crippen molar-refractivity contribution in [1.82, 2.24) is 4.98 Å². The molecule has 0 aliphatic carbocycles. The number of nitrogens with one attached hydrogen (secondary N) is 1. The van der Waals surface area contributed by atoms with Crippen molar-refractivity contribution in [2.45, 2.75) is 0 Å². The van der Waals surface area contributed by atoms with E-state index in [1.54, 1.807) is 6.07 Å². The van der Waals surface area contributed by atoms with Crippen molar-refractivity contribution in [2.24, 2.45) is 5.84 Å². The number of aromatic nitrogens is 1. The number of hydrogen-bond donors (Lipinski definition) is 2. The van der Waals surface area contributed by atoms with Crippen LogP contribution < -0.4 is 11.3 Å². The number of pyridine rings is 1. The van der Waals surface area contributed by atoms with Crippen molar-refractivity contribution in [3.63, 3.8) is 0 Å². The van der Waals surface area contributed by atoms with E-state index in [9.17, 15) is 4.39 Å². The van der Waals surface area contributed by atoms with Gasteiger partial charge in [-0.1, -0.05) is 6.07 Å². The fourth-order valence-electron chi connectivity index (χ4n) is 0.489. The van der Waals surface area contributed by atoms with Gasteiger partial charge in [0.25, 0.3) is 0 Å². The highest BCUT2D eigenvalue weighted by molar-refractivity contribution is 5.31. The van der Waals surface area contributed by atoms with Crippen LogP contribution in [0, 0.1) is 5.95 Å². The van der Waals surface area contributed by atoms with Gasteiger partial charge in [-0.05, 0) is 12.1 Å². The molecule has 1 aromatic rings. The topological polar surface area (TPSA) is 50.9 Å². The zero-order valence-corrected chi connectivity index (χ0v) is 4.63. The lowest BCUT2D eigenvalue weighted by Gasteiger charge is -1.94. The molecule has 9 heavy (non-hydrogen) atoms. The number of hydrazine groups is 1. The molecule has 0 spiro atoms. The van der Waals surface area contributed by atoms with E-state index >= 15 is 0 Å². The first-order chi connectivity index (χ1) is 4.33. The molecule has 0 radical (unpaired) electrons. The second kappa shape index (κ2) is 2.41. The zero-order valence-electron chi connectivity index (χ0n) is 4.63. The summed E-state index contributed by atoms with van der Waals surface area (Å²) in [4.78, 5) is 3.39. The predicted octanol–water partition coefficient (Wildman–Crippen LogP) is 0.506. The van der Waals surface area contributed by atoms with E-state index in [2.05, 4.69) is 10.4 Å². The summed E-state index contributed by atoms with van der Waals surface area (Å²) in [6, 6.07) is 4.35. The minimum Gasteiger partial charge on any atom is -0.308 e. The molecular weight excluding hydrogens is 121 g/mol. The summed E-state index contributed by atoms with van der Waals surface area (Å²) in [5.41, 5.74) is 2.22. The van der Waals surface area contributed by atoms with Crippen molar-refractivity contribution in [1.29, 1.82) is 0 Å². The molecule has 0 atom stereocenters. The molecule has 1 aromatic heterocycles. The smallest absolute Gasteiger partial charge is 0.214 e. The Morgan fingerprint density at radius 2 is 2.33 bits per heavy atom. The molecule has 3 nitrogen and oxygen atoms in total. The number of halogens is 1. The molecule has 0 saturated carbocycles. The molecule has 0 amide bonds. The standard InChI is InChI=1S/C5H6FN3/c6-4-2-1-3-5(8-4)9-7/h1-3H,7H2,(H,8,9). The van der Waals surface area contributed by atoms with Gasteiger partial charge >= 0.3 is 0 Å². The quantitative estimate of drug-likeness (QED) is 0.328. The lowest BCUT2D eigenvalue weighted by Crippen LogP contribution is -2.08. The maximum absolute atomic E-state index is 12.1. The minimum absolute atomic E-state index is 0.329. The van der Waals surface area contributed by atoms with Gasteiger partial charge in [0.2, 0.25) is 5.95 Å². The van der Waals surface area contributed by atoms with Gasteiger partial charge in [0.05, 0.1) is 0 Å². The van der Waals surface area contributed by atoms with E-state index in [-0.39, 0.29) is 0 Å². The lowest BCUT2D eigenvalue weighted by molar-refractivity contribution is 0.585. The molecule has 0 bridgehead atoms. The summed E-state index contributed by atoms with van der Waals surface area (Å²) in [5, 5.41) is 0. The van der Waals surface area contributed by atoms with E-state index in [0.29, 0.717) is 5.82 Å². The third-order valence-corrected chi connectivity index (χ3v) is 0.863. The van der Waals surface area contributed by atoms with Gasteiger partial charge in [0.15, 0.2) is 0 Å². The third-order valence-electron chi connectivity index (χ3n) is 0.863. The monoisotopic (exact) mass is 127 g/mol. The number of hydrogen-bond acceptors (Lipinski definition) is 3. The van der Waals surface area contributed by atoms with E-state index in [4.69, 9.17) is 5.84 Å². The Kier molecular flexibility index (Phi) is 1.60. The number of nitrogens with two attached hydrogens (primary N) is 1. The van der Waals surface area contributed by atoms with Crippen LogP contribution >= 0.6 is 0 Å². The van der Waals surface area contributed by atoms with E-state index in [1.807, 2.05) is 0 Å². The Morgan fingerprint density at radius 3 is 2.78 bits per heavy atom. The average molecular weight is 127 g/mol. The third kappa shape index (κ3) is 1.36. The van der Waals surface area contributed by atoms with E-state index in [1.165, 1.54) is 12.1 Å². The summed E-state index contributed by atoms with van der Waals surface area (Å²) in [6.45, 7) is 0. The van der Waals surface area contributed by atoms with Crippen LogP contribution in [-0.4, -0.2) is 4.98 Å². The van der Waals surface area contributed by atoms with Crippen molar-refractivity contribution in [2.75, 3.05) is 5.43 Å². The highest BCUT2D eigenvalue weighted by atomic mass is 19.1. The first-order valence-corrected chi connectivity index (χ1v) is 2.42. The van der Waals surface area contributed by atoms with E-state index < -0.39 is 5.95 Å². The average Bonchev–Trinajstić information content (AvgIpc) is 1.88. The summed E-state index contributed by atoms with van der Waals surface area (Å²) in [6.07, 6.45) is 0. The fourth-order valence-corrected chi connectivity index (χ4v) is 0.489. The number of anilines is 1. The molecule has 0 fully saturated rings. The summed E-state index contributed by atoms with van der Waals surface area (Å²) in [5.74, 6) is 4.73. The molecule has 0 saturated heterocycles. The van der Waals surface area contributed by atoms with Crippen LogP contribution in [0.5, 0.6) is 0 Å². The van der Waals surface area contributed by atoms with Crippen molar-refractivity contribution in [3.05, 3.63) is 24.1 Å². The predicted molar refractivity (Wildman–Crippen MR) is 32.0 cm³/mol. The molecule has 3 N–H and O–H groups in total. The van der Waals surface area contributed by atoms with Crippen LogP contribution in [0.15, 0.2) is 18.2 Å². The van der Waals surface area contributed by atoms with Crippen LogP contribution in [0.1, 0.15) is 0 Å². The van der Waals surface area contributed by atoms with Gasteiger partial charge in [-0.3, -0.25) is 0 Å². The van der Waals surface area contributed by atoms with Crippen molar-refractivity contribution < 1.29 is 4.39 Å². The molecule has 0 aromatic carbocycles. The van der Waals surface area contributed by atoms with Crippen LogP contribution in [0.2, 0.25) is 0 Å². The molecule has 1 heterocycles. The maximum Gasteiger partial charge on any atom is 0.214 e. The molecule has 4 heteroatoms. The molecular formula is C5H6FN3. The van der Waals surface area contributed by atoms with Crippen molar-refractivity contribution in [3.8, 4) is 0 Å². The molecule has 0 aliphatic heterocycles. The number of rotatable bonds is 1. The molecule has 48 valence electrons. The summed E-state index contributed by atoms with van der Waals surface area (Å²) >= 11 is 0. The van der Waals surface area contributed by atoms with Crippen LogP contribution in [0.3, 0.4) is 0 Å². The van der Waals surface area contributed by atoms with Gasteiger partial charge in [0, 0.05) is 0 Å². The zero-order chi connectivity index (χ0) is 6.69. The summed E-state index contributed by atoms with van der Waals surface area (Å²) < 4.78 is 12.1. The Morgan fingerprint density at radius 1 is 1.56 bits per heavy atom. The van der Waals surface area contributed by atoms with Crippen molar-refractivity contribution >= 4 is 5.82 Å². The molecule has 0 aliphatic rings. The maximum atomic E-state index is 12.1. The largest absolute Gasteiger partial charge is 0.308 e. The molecule has 0 unspecified atom stereocenters. The number of nitrogen functional groups attached to an aromatic ring is 1.